The summed E-state index contributed by atoms with van der Waals surface area (Å²) in [6.07, 6.45) is 8.13. The van der Waals surface area contributed by atoms with E-state index in [1.807, 2.05) is 0 Å². The summed E-state index contributed by atoms with van der Waals surface area (Å²) in [6, 6.07) is 0. The standard InChI is InChI=1S/C10H20O/c1-2-3-4-5-8-11-9-10-6-7-10/h10H,2-9H2,1H3. The lowest BCUT2D eigenvalue weighted by molar-refractivity contribution is 0.120. The summed E-state index contributed by atoms with van der Waals surface area (Å²) < 4.78 is 5.50. The summed E-state index contributed by atoms with van der Waals surface area (Å²) in [7, 11) is 0. The van der Waals surface area contributed by atoms with Gasteiger partial charge in [0.05, 0.1) is 0 Å². The first-order valence-electron chi connectivity index (χ1n) is 5.01. The van der Waals surface area contributed by atoms with Crippen LogP contribution in [0, 0.1) is 5.92 Å². The monoisotopic (exact) mass is 156 g/mol. The van der Waals surface area contributed by atoms with E-state index in [4.69, 9.17) is 4.74 Å². The molecule has 1 heteroatoms. The summed E-state index contributed by atoms with van der Waals surface area (Å²) >= 11 is 0. The third-order valence-electron chi connectivity index (χ3n) is 2.19. The predicted octanol–water partition coefficient (Wildman–Crippen LogP) is 2.99. The largest absolute Gasteiger partial charge is 0.381 e. The molecule has 0 saturated heterocycles. The molecule has 1 rings (SSSR count). The van der Waals surface area contributed by atoms with Crippen molar-refractivity contribution in [2.75, 3.05) is 13.2 Å². The van der Waals surface area contributed by atoms with Crippen LogP contribution in [0.2, 0.25) is 0 Å². The lowest BCUT2D eigenvalue weighted by Gasteiger charge is -2.01. The van der Waals surface area contributed by atoms with E-state index in [2.05, 4.69) is 6.92 Å². The van der Waals surface area contributed by atoms with Crippen LogP contribution in [0.4, 0.5) is 0 Å². The van der Waals surface area contributed by atoms with Crippen LogP contribution in [-0.4, -0.2) is 13.2 Å². The van der Waals surface area contributed by atoms with Crippen molar-refractivity contribution in [3.63, 3.8) is 0 Å². The SMILES string of the molecule is CCCCCCOCC1CC1. The van der Waals surface area contributed by atoms with Gasteiger partial charge in [-0.05, 0) is 25.2 Å². The molecule has 0 bridgehead atoms. The van der Waals surface area contributed by atoms with Crippen molar-refractivity contribution in [1.29, 1.82) is 0 Å². The molecule has 0 radical (unpaired) electrons. The van der Waals surface area contributed by atoms with E-state index < -0.39 is 0 Å². The van der Waals surface area contributed by atoms with Crippen molar-refractivity contribution in [3.8, 4) is 0 Å². The molecule has 0 spiro atoms. The normalized spacial score (nSPS) is 17.2. The van der Waals surface area contributed by atoms with Gasteiger partial charge in [-0.1, -0.05) is 26.2 Å². The number of hydrogen-bond acceptors (Lipinski definition) is 1. The molecule has 1 aliphatic rings. The molecule has 0 atom stereocenters. The molecule has 0 heterocycles. The van der Waals surface area contributed by atoms with Gasteiger partial charge in [0.1, 0.15) is 0 Å². The summed E-state index contributed by atoms with van der Waals surface area (Å²) in [6.45, 7) is 4.27. The summed E-state index contributed by atoms with van der Waals surface area (Å²) in [5.74, 6) is 0.932. The minimum absolute atomic E-state index is 0.932. The minimum Gasteiger partial charge on any atom is -0.381 e. The maximum atomic E-state index is 5.50. The summed E-state index contributed by atoms with van der Waals surface area (Å²) in [5.41, 5.74) is 0. The first-order chi connectivity index (χ1) is 5.43. The first-order valence-corrected chi connectivity index (χ1v) is 5.01. The Kier molecular flexibility index (Phi) is 4.60. The van der Waals surface area contributed by atoms with Gasteiger partial charge in [-0.2, -0.15) is 0 Å². The maximum absolute atomic E-state index is 5.50. The predicted molar refractivity (Wildman–Crippen MR) is 47.7 cm³/mol. The molecule has 0 aromatic heterocycles. The van der Waals surface area contributed by atoms with E-state index in [9.17, 15) is 0 Å². The van der Waals surface area contributed by atoms with Gasteiger partial charge in [0.2, 0.25) is 0 Å². The van der Waals surface area contributed by atoms with Crippen LogP contribution in [0.1, 0.15) is 45.4 Å². The summed E-state index contributed by atoms with van der Waals surface area (Å²) in [5, 5.41) is 0. The molecule has 0 aromatic rings. The van der Waals surface area contributed by atoms with Crippen molar-refractivity contribution in [3.05, 3.63) is 0 Å². The number of unbranched alkanes of at least 4 members (excludes halogenated alkanes) is 3. The molecule has 0 aliphatic heterocycles. The van der Waals surface area contributed by atoms with Gasteiger partial charge in [0.15, 0.2) is 0 Å². The van der Waals surface area contributed by atoms with E-state index in [0.717, 1.165) is 19.1 Å². The molecule has 0 unspecified atom stereocenters. The van der Waals surface area contributed by atoms with Crippen molar-refractivity contribution in [1.82, 2.24) is 0 Å². The van der Waals surface area contributed by atoms with E-state index in [1.165, 1.54) is 38.5 Å². The van der Waals surface area contributed by atoms with Crippen molar-refractivity contribution in [2.24, 2.45) is 5.92 Å². The Labute approximate surface area is 70.1 Å². The molecule has 66 valence electrons. The van der Waals surface area contributed by atoms with E-state index >= 15 is 0 Å². The topological polar surface area (TPSA) is 9.23 Å². The highest BCUT2D eigenvalue weighted by Crippen LogP contribution is 2.28. The molecular weight excluding hydrogens is 136 g/mol. The summed E-state index contributed by atoms with van der Waals surface area (Å²) in [4.78, 5) is 0. The Morgan fingerprint density at radius 1 is 1.18 bits per heavy atom. The van der Waals surface area contributed by atoms with Crippen LogP contribution in [0.25, 0.3) is 0 Å². The fraction of sp³-hybridized carbons (Fsp3) is 1.00. The number of rotatable bonds is 7. The van der Waals surface area contributed by atoms with Gasteiger partial charge in [-0.15, -0.1) is 0 Å². The fourth-order valence-corrected chi connectivity index (χ4v) is 1.17. The van der Waals surface area contributed by atoms with Crippen LogP contribution in [0.15, 0.2) is 0 Å². The van der Waals surface area contributed by atoms with E-state index in [-0.39, 0.29) is 0 Å². The maximum Gasteiger partial charge on any atom is 0.0494 e. The first kappa shape index (κ1) is 9.05. The molecule has 11 heavy (non-hydrogen) atoms. The van der Waals surface area contributed by atoms with Gasteiger partial charge in [0, 0.05) is 13.2 Å². The highest BCUT2D eigenvalue weighted by molar-refractivity contribution is 4.71. The second kappa shape index (κ2) is 5.59. The molecule has 0 aromatic carbocycles. The van der Waals surface area contributed by atoms with Gasteiger partial charge < -0.3 is 4.74 Å². The smallest absolute Gasteiger partial charge is 0.0494 e. The van der Waals surface area contributed by atoms with E-state index in [1.54, 1.807) is 0 Å². The number of ether oxygens (including phenoxy) is 1. The molecule has 1 fully saturated rings. The van der Waals surface area contributed by atoms with Gasteiger partial charge in [0.25, 0.3) is 0 Å². The van der Waals surface area contributed by atoms with Crippen molar-refractivity contribution < 1.29 is 4.74 Å². The highest BCUT2D eigenvalue weighted by atomic mass is 16.5. The second-order valence-corrected chi connectivity index (χ2v) is 3.58. The lowest BCUT2D eigenvalue weighted by Crippen LogP contribution is -1.97. The molecule has 0 N–H and O–H groups in total. The van der Waals surface area contributed by atoms with Crippen LogP contribution < -0.4 is 0 Å². The number of hydrogen-bond donors (Lipinski definition) is 0. The Hall–Kier alpha value is -0.0400. The Morgan fingerprint density at radius 3 is 2.64 bits per heavy atom. The molecular formula is C10H20O. The van der Waals surface area contributed by atoms with Gasteiger partial charge in [-0.25, -0.2) is 0 Å². The van der Waals surface area contributed by atoms with Crippen LogP contribution in [-0.2, 0) is 4.74 Å². The van der Waals surface area contributed by atoms with Crippen molar-refractivity contribution in [2.45, 2.75) is 45.4 Å². The van der Waals surface area contributed by atoms with Gasteiger partial charge >= 0.3 is 0 Å². The fourth-order valence-electron chi connectivity index (χ4n) is 1.17. The van der Waals surface area contributed by atoms with Gasteiger partial charge in [-0.3, -0.25) is 0 Å². The average molecular weight is 156 g/mol. The van der Waals surface area contributed by atoms with E-state index in [0.29, 0.717) is 0 Å². The zero-order valence-electron chi connectivity index (χ0n) is 7.64. The highest BCUT2D eigenvalue weighted by Gasteiger charge is 2.20. The Morgan fingerprint density at radius 2 is 2.00 bits per heavy atom. The molecule has 0 amide bonds. The average Bonchev–Trinajstić information content (AvgIpc) is 2.80. The van der Waals surface area contributed by atoms with Crippen molar-refractivity contribution >= 4 is 0 Å². The minimum atomic E-state index is 0.932. The molecule has 1 saturated carbocycles. The quantitative estimate of drug-likeness (QED) is 0.515. The van der Waals surface area contributed by atoms with Crippen LogP contribution >= 0.6 is 0 Å². The second-order valence-electron chi connectivity index (χ2n) is 3.58. The third kappa shape index (κ3) is 5.25. The molecule has 1 aliphatic carbocycles. The zero-order valence-corrected chi connectivity index (χ0v) is 7.64. The Balaban J connectivity index is 1.66. The third-order valence-corrected chi connectivity index (χ3v) is 2.19. The van der Waals surface area contributed by atoms with Crippen LogP contribution in [0.3, 0.4) is 0 Å². The van der Waals surface area contributed by atoms with Crippen LogP contribution in [0.5, 0.6) is 0 Å². The molecule has 1 nitrogen and oxygen atoms in total. The zero-order chi connectivity index (χ0) is 7.94. The lowest BCUT2D eigenvalue weighted by atomic mass is 10.2. The Bertz CT molecular complexity index is 86.9.